The van der Waals surface area contributed by atoms with Gasteiger partial charge in [0.1, 0.15) is 0 Å². The van der Waals surface area contributed by atoms with Crippen LogP contribution in [0, 0.1) is 11.8 Å². The van der Waals surface area contributed by atoms with Gasteiger partial charge in [-0.1, -0.05) is 39.0 Å². The van der Waals surface area contributed by atoms with Gasteiger partial charge >= 0.3 is 0 Å². The van der Waals surface area contributed by atoms with Gasteiger partial charge in [0.2, 0.25) is 0 Å². The van der Waals surface area contributed by atoms with Crippen molar-refractivity contribution in [1.29, 1.82) is 0 Å². The molecule has 1 atom stereocenters. The summed E-state index contributed by atoms with van der Waals surface area (Å²) < 4.78 is 2.27. The Morgan fingerprint density at radius 3 is 2.44 bits per heavy atom. The molecule has 0 spiro atoms. The molecule has 0 aromatic carbocycles. The van der Waals surface area contributed by atoms with Gasteiger partial charge in [0.25, 0.3) is 5.91 Å². The Labute approximate surface area is 164 Å². The van der Waals surface area contributed by atoms with Gasteiger partial charge in [-0.05, 0) is 70.1 Å². The van der Waals surface area contributed by atoms with Gasteiger partial charge in [-0.3, -0.25) is 9.48 Å². The summed E-state index contributed by atoms with van der Waals surface area (Å²) in [5.74, 6) is 1.55. The molecule has 1 N–H and O–H groups in total. The average molecular weight is 372 g/mol. The van der Waals surface area contributed by atoms with Crippen LogP contribution in [0.15, 0.2) is 0 Å². The fourth-order valence-electron chi connectivity index (χ4n) is 5.61. The maximum Gasteiger partial charge on any atom is 0.272 e. The molecule has 0 radical (unpaired) electrons. The number of nitrogens with zero attached hydrogens (tertiary/aromatic N) is 2. The first-order valence-corrected chi connectivity index (χ1v) is 11.5. The summed E-state index contributed by atoms with van der Waals surface area (Å²) in [6, 6.07) is 0.772. The van der Waals surface area contributed by atoms with Gasteiger partial charge in [0.15, 0.2) is 5.69 Å². The first-order valence-electron chi connectivity index (χ1n) is 11.5. The number of nitrogens with one attached hydrogen (secondary N) is 1. The highest BCUT2D eigenvalue weighted by atomic mass is 16.2. The molecule has 3 aliphatic rings. The van der Waals surface area contributed by atoms with Crippen LogP contribution in [0.2, 0.25) is 0 Å². The summed E-state index contributed by atoms with van der Waals surface area (Å²) in [5.41, 5.74) is 3.37. The van der Waals surface area contributed by atoms with E-state index in [1.165, 1.54) is 81.9 Å². The second-order valence-corrected chi connectivity index (χ2v) is 9.50. The third-order valence-electron chi connectivity index (χ3n) is 7.47. The lowest BCUT2D eigenvalue weighted by molar-refractivity contribution is 0.0908. The highest BCUT2D eigenvalue weighted by Crippen LogP contribution is 2.34. The molecule has 1 amide bonds. The van der Waals surface area contributed by atoms with Crippen molar-refractivity contribution in [3.63, 3.8) is 0 Å². The van der Waals surface area contributed by atoms with Crippen molar-refractivity contribution in [3.8, 4) is 0 Å². The van der Waals surface area contributed by atoms with Gasteiger partial charge in [0.05, 0.1) is 6.04 Å². The number of carbonyl (C=O) groups is 1. The summed E-state index contributed by atoms with van der Waals surface area (Å²) >= 11 is 0. The fraction of sp³-hybridized carbons (Fsp3) is 0.826. The van der Waals surface area contributed by atoms with Crippen LogP contribution in [0.1, 0.15) is 112 Å². The van der Waals surface area contributed by atoms with Crippen molar-refractivity contribution < 1.29 is 4.79 Å². The lowest BCUT2D eigenvalue weighted by atomic mass is 9.79. The Bertz CT molecular complexity index is 651. The zero-order valence-corrected chi connectivity index (χ0v) is 17.3. The number of amides is 1. The number of fused-ring (bicyclic) bond motifs is 1. The molecule has 1 heterocycles. The lowest BCUT2D eigenvalue weighted by Gasteiger charge is -2.31. The van der Waals surface area contributed by atoms with E-state index in [9.17, 15) is 4.79 Å². The molecule has 4 rings (SSSR count). The average Bonchev–Trinajstić information content (AvgIpc) is 3.09. The van der Waals surface area contributed by atoms with Crippen molar-refractivity contribution in [2.45, 2.75) is 109 Å². The van der Waals surface area contributed by atoms with Crippen LogP contribution in [-0.2, 0) is 12.8 Å². The van der Waals surface area contributed by atoms with Crippen LogP contribution in [0.5, 0.6) is 0 Å². The summed E-state index contributed by atoms with van der Waals surface area (Å²) in [7, 11) is 0. The molecule has 4 nitrogen and oxygen atoms in total. The molecule has 0 saturated heterocycles. The Morgan fingerprint density at radius 2 is 1.70 bits per heavy atom. The predicted octanol–water partition coefficient (Wildman–Crippen LogP) is 5.21. The van der Waals surface area contributed by atoms with Crippen molar-refractivity contribution in [1.82, 2.24) is 15.1 Å². The van der Waals surface area contributed by atoms with E-state index >= 15 is 0 Å². The summed E-state index contributed by atoms with van der Waals surface area (Å²) in [5, 5.41) is 8.26. The van der Waals surface area contributed by atoms with Gasteiger partial charge in [-0.2, -0.15) is 5.10 Å². The molecule has 4 heteroatoms. The number of hydrogen-bond acceptors (Lipinski definition) is 2. The maximum atomic E-state index is 13.1. The second-order valence-electron chi connectivity index (χ2n) is 9.50. The molecule has 3 aliphatic carbocycles. The molecule has 1 aromatic rings. The molecule has 150 valence electrons. The second kappa shape index (κ2) is 8.36. The first kappa shape index (κ1) is 19.0. The quantitative estimate of drug-likeness (QED) is 0.789. The highest BCUT2D eigenvalue weighted by Gasteiger charge is 2.30. The van der Waals surface area contributed by atoms with Crippen LogP contribution in [0.3, 0.4) is 0 Å². The van der Waals surface area contributed by atoms with Crippen LogP contribution < -0.4 is 5.32 Å². The smallest absolute Gasteiger partial charge is 0.272 e. The summed E-state index contributed by atoms with van der Waals surface area (Å²) in [6.45, 7) is 4.55. The Balaban J connectivity index is 1.50. The van der Waals surface area contributed by atoms with Crippen molar-refractivity contribution in [2.75, 3.05) is 0 Å². The van der Waals surface area contributed by atoms with Crippen LogP contribution in [0.25, 0.3) is 0 Å². The van der Waals surface area contributed by atoms with Gasteiger partial charge < -0.3 is 5.32 Å². The number of carbonyl (C=O) groups excluding carboxylic acids is 1. The van der Waals surface area contributed by atoms with Crippen LogP contribution in [0.4, 0.5) is 0 Å². The van der Waals surface area contributed by atoms with E-state index in [1.54, 1.807) is 0 Å². The fourth-order valence-corrected chi connectivity index (χ4v) is 5.61. The van der Waals surface area contributed by atoms with Crippen LogP contribution in [-0.4, -0.2) is 21.7 Å². The minimum atomic E-state index is 0.0776. The van der Waals surface area contributed by atoms with E-state index in [2.05, 4.69) is 23.8 Å². The molecule has 27 heavy (non-hydrogen) atoms. The largest absolute Gasteiger partial charge is 0.348 e. The van der Waals surface area contributed by atoms with Gasteiger partial charge in [-0.15, -0.1) is 0 Å². The molecular weight excluding hydrogens is 334 g/mol. The molecule has 0 bridgehead atoms. The highest BCUT2D eigenvalue weighted by molar-refractivity contribution is 5.94. The molecule has 2 saturated carbocycles. The van der Waals surface area contributed by atoms with Gasteiger partial charge in [-0.25, -0.2) is 0 Å². The summed E-state index contributed by atoms with van der Waals surface area (Å²) in [4.78, 5) is 13.1. The monoisotopic (exact) mass is 371 g/mol. The summed E-state index contributed by atoms with van der Waals surface area (Å²) in [6.07, 6.45) is 16.1. The van der Waals surface area contributed by atoms with Crippen molar-refractivity contribution >= 4 is 5.91 Å². The third-order valence-corrected chi connectivity index (χ3v) is 7.47. The zero-order valence-electron chi connectivity index (χ0n) is 17.3. The zero-order chi connectivity index (χ0) is 18.8. The number of aromatic nitrogens is 2. The standard InChI is InChI=1S/C23H37N3O/c1-16-12-14-18(15-13-16)17(2)24-23(27)22-20-10-6-7-11-21(20)26(25-22)19-8-4-3-5-9-19/h16-19H,3-15H2,1-2H3,(H,24,27). The maximum absolute atomic E-state index is 13.1. The van der Waals surface area contributed by atoms with E-state index in [4.69, 9.17) is 5.10 Å². The minimum absolute atomic E-state index is 0.0776. The number of hydrogen-bond donors (Lipinski definition) is 1. The topological polar surface area (TPSA) is 46.9 Å². The predicted molar refractivity (Wildman–Crippen MR) is 109 cm³/mol. The third kappa shape index (κ3) is 4.09. The van der Waals surface area contributed by atoms with E-state index in [0.717, 1.165) is 24.5 Å². The van der Waals surface area contributed by atoms with Crippen molar-refractivity contribution in [3.05, 3.63) is 17.0 Å². The molecule has 1 aromatic heterocycles. The molecular formula is C23H37N3O. The Morgan fingerprint density at radius 1 is 1.00 bits per heavy atom. The Kier molecular flexibility index (Phi) is 5.89. The normalized spacial score (nSPS) is 27.8. The minimum Gasteiger partial charge on any atom is -0.348 e. The first-order chi connectivity index (χ1) is 13.1. The molecule has 0 aliphatic heterocycles. The van der Waals surface area contributed by atoms with Crippen molar-refractivity contribution in [2.24, 2.45) is 11.8 Å². The van der Waals surface area contributed by atoms with Crippen LogP contribution >= 0.6 is 0 Å². The molecule has 1 unspecified atom stereocenters. The van der Waals surface area contributed by atoms with E-state index < -0.39 is 0 Å². The van der Waals surface area contributed by atoms with E-state index in [0.29, 0.717) is 12.0 Å². The van der Waals surface area contributed by atoms with Gasteiger partial charge in [0, 0.05) is 17.3 Å². The molecule has 2 fully saturated rings. The van der Waals surface area contributed by atoms with E-state index in [-0.39, 0.29) is 11.9 Å². The van der Waals surface area contributed by atoms with E-state index in [1.807, 2.05) is 0 Å². The Hall–Kier alpha value is -1.32. The lowest BCUT2D eigenvalue weighted by Crippen LogP contribution is -2.40. The SMILES string of the molecule is CC1CCC(C(C)NC(=O)c2nn(C3CCCCC3)c3c2CCCC3)CC1. The number of rotatable bonds is 4.